The molecule has 0 spiro atoms. The average Bonchev–Trinajstić information content (AvgIpc) is 2.36. The van der Waals surface area contributed by atoms with Gasteiger partial charge in [0.15, 0.2) is 0 Å². The number of hydrogen-bond donors (Lipinski definition) is 1. The lowest BCUT2D eigenvalue weighted by atomic mass is 9.85. The van der Waals surface area contributed by atoms with Gasteiger partial charge in [-0.2, -0.15) is 0 Å². The molecule has 0 saturated carbocycles. The highest BCUT2D eigenvalue weighted by Crippen LogP contribution is 2.29. The second-order valence-electron chi connectivity index (χ2n) is 6.46. The van der Waals surface area contributed by atoms with Gasteiger partial charge in [-0.05, 0) is 23.8 Å². The van der Waals surface area contributed by atoms with Gasteiger partial charge in [0.05, 0.1) is 6.61 Å². The molecule has 1 N–H and O–H groups in total. The summed E-state index contributed by atoms with van der Waals surface area (Å²) in [4.78, 5) is 0. The minimum atomic E-state index is 0.304. The molecule has 0 heterocycles. The van der Waals surface area contributed by atoms with Gasteiger partial charge in [0.25, 0.3) is 0 Å². The van der Waals surface area contributed by atoms with Crippen molar-refractivity contribution in [2.24, 2.45) is 5.41 Å². The Morgan fingerprint density at radius 3 is 2.26 bits per heavy atom. The van der Waals surface area contributed by atoms with Crippen LogP contribution in [0.5, 0.6) is 0 Å². The molecule has 0 aliphatic carbocycles. The topological polar surface area (TPSA) is 21.3 Å². The van der Waals surface area contributed by atoms with E-state index < -0.39 is 0 Å². The predicted octanol–water partition coefficient (Wildman–Crippen LogP) is 4.18. The van der Waals surface area contributed by atoms with Crippen molar-refractivity contribution in [1.82, 2.24) is 5.32 Å². The smallest absolute Gasteiger partial charge is 0.0615 e. The molecule has 0 aliphatic rings. The molecule has 0 bridgehead atoms. The fourth-order valence-electron chi connectivity index (χ4n) is 2.34. The van der Waals surface area contributed by atoms with Crippen molar-refractivity contribution in [3.8, 4) is 0 Å². The van der Waals surface area contributed by atoms with E-state index in [2.05, 4.69) is 63.3 Å². The SMILES string of the molecule is CCC(COC)NC(CC(C)(C)C)c1ccccc1. The Hall–Kier alpha value is -0.860. The molecule has 0 saturated heterocycles. The molecule has 1 rings (SSSR count). The van der Waals surface area contributed by atoms with Crippen LogP contribution in [0.15, 0.2) is 30.3 Å². The van der Waals surface area contributed by atoms with Crippen LogP contribution in [0.1, 0.15) is 52.1 Å². The van der Waals surface area contributed by atoms with E-state index in [0.717, 1.165) is 19.4 Å². The molecule has 1 aromatic carbocycles. The molecule has 0 fully saturated rings. The lowest BCUT2D eigenvalue weighted by molar-refractivity contribution is 0.152. The van der Waals surface area contributed by atoms with Gasteiger partial charge in [0.1, 0.15) is 0 Å². The van der Waals surface area contributed by atoms with Crippen LogP contribution in [-0.4, -0.2) is 19.8 Å². The monoisotopic (exact) mass is 263 g/mol. The summed E-state index contributed by atoms with van der Waals surface area (Å²) in [5.74, 6) is 0. The summed E-state index contributed by atoms with van der Waals surface area (Å²) in [6, 6.07) is 11.5. The van der Waals surface area contributed by atoms with E-state index in [-0.39, 0.29) is 0 Å². The molecule has 2 atom stereocenters. The summed E-state index contributed by atoms with van der Waals surface area (Å²) in [6.45, 7) is 9.85. The van der Waals surface area contributed by atoms with Crippen molar-refractivity contribution in [2.45, 2.75) is 52.6 Å². The standard InChI is InChI=1S/C17H29NO/c1-6-15(13-19-5)18-16(12-17(2,3)4)14-10-8-7-9-11-14/h7-11,15-16,18H,6,12-13H2,1-5H3. The van der Waals surface area contributed by atoms with Crippen LogP contribution in [0.25, 0.3) is 0 Å². The molecule has 0 aliphatic heterocycles. The molecular formula is C17H29NO. The molecule has 2 nitrogen and oxygen atoms in total. The van der Waals surface area contributed by atoms with Crippen LogP contribution in [-0.2, 0) is 4.74 Å². The average molecular weight is 263 g/mol. The normalized spacial score (nSPS) is 15.2. The van der Waals surface area contributed by atoms with Crippen molar-refractivity contribution in [2.75, 3.05) is 13.7 Å². The van der Waals surface area contributed by atoms with Gasteiger partial charge in [-0.1, -0.05) is 58.0 Å². The van der Waals surface area contributed by atoms with Gasteiger partial charge >= 0.3 is 0 Å². The maximum atomic E-state index is 5.30. The minimum Gasteiger partial charge on any atom is -0.383 e. The van der Waals surface area contributed by atoms with E-state index >= 15 is 0 Å². The van der Waals surface area contributed by atoms with Gasteiger partial charge in [-0.25, -0.2) is 0 Å². The Kier molecular flexibility index (Phi) is 6.53. The van der Waals surface area contributed by atoms with Crippen LogP contribution < -0.4 is 5.32 Å². The number of benzene rings is 1. The molecule has 2 heteroatoms. The fourth-order valence-corrected chi connectivity index (χ4v) is 2.34. The summed E-state index contributed by atoms with van der Waals surface area (Å²) in [5.41, 5.74) is 1.67. The van der Waals surface area contributed by atoms with E-state index in [4.69, 9.17) is 4.74 Å². The second-order valence-corrected chi connectivity index (χ2v) is 6.46. The minimum absolute atomic E-state index is 0.304. The highest BCUT2D eigenvalue weighted by molar-refractivity contribution is 5.19. The lowest BCUT2D eigenvalue weighted by Gasteiger charge is -2.30. The summed E-state index contributed by atoms with van der Waals surface area (Å²) < 4.78 is 5.30. The van der Waals surface area contributed by atoms with Crippen molar-refractivity contribution in [3.05, 3.63) is 35.9 Å². The van der Waals surface area contributed by atoms with Crippen molar-refractivity contribution in [1.29, 1.82) is 0 Å². The van der Waals surface area contributed by atoms with Crippen molar-refractivity contribution < 1.29 is 4.74 Å². The van der Waals surface area contributed by atoms with Crippen molar-refractivity contribution in [3.63, 3.8) is 0 Å². The largest absolute Gasteiger partial charge is 0.383 e. The van der Waals surface area contributed by atoms with Crippen LogP contribution >= 0.6 is 0 Å². The van der Waals surface area contributed by atoms with E-state index in [1.165, 1.54) is 5.56 Å². The van der Waals surface area contributed by atoms with E-state index in [1.54, 1.807) is 7.11 Å². The van der Waals surface area contributed by atoms with Gasteiger partial charge < -0.3 is 10.1 Å². The number of nitrogens with one attached hydrogen (secondary N) is 1. The number of ether oxygens (including phenoxy) is 1. The maximum Gasteiger partial charge on any atom is 0.0615 e. The quantitative estimate of drug-likeness (QED) is 0.797. The highest BCUT2D eigenvalue weighted by Gasteiger charge is 2.22. The maximum absolute atomic E-state index is 5.30. The second kappa shape index (κ2) is 7.66. The third kappa shape index (κ3) is 6.22. The third-order valence-electron chi connectivity index (χ3n) is 3.32. The number of hydrogen-bond acceptors (Lipinski definition) is 2. The van der Waals surface area contributed by atoms with Gasteiger partial charge in [0.2, 0.25) is 0 Å². The Labute approximate surface area is 118 Å². The zero-order valence-corrected chi connectivity index (χ0v) is 13.1. The van der Waals surface area contributed by atoms with E-state index in [0.29, 0.717) is 17.5 Å². The van der Waals surface area contributed by atoms with E-state index in [9.17, 15) is 0 Å². The van der Waals surface area contributed by atoms with E-state index in [1.807, 2.05) is 0 Å². The summed E-state index contributed by atoms with van der Waals surface area (Å²) in [6.07, 6.45) is 2.21. The number of rotatable bonds is 7. The third-order valence-corrected chi connectivity index (χ3v) is 3.32. The Morgan fingerprint density at radius 2 is 1.79 bits per heavy atom. The summed E-state index contributed by atoms with van der Waals surface area (Å²) in [7, 11) is 1.77. The van der Waals surface area contributed by atoms with Crippen LogP contribution in [0.2, 0.25) is 0 Å². The molecule has 0 aromatic heterocycles. The first-order valence-corrected chi connectivity index (χ1v) is 7.26. The van der Waals surface area contributed by atoms with Gasteiger partial charge in [0, 0.05) is 19.2 Å². The van der Waals surface area contributed by atoms with Crippen molar-refractivity contribution >= 4 is 0 Å². The van der Waals surface area contributed by atoms with Crippen LogP contribution in [0, 0.1) is 5.41 Å². The fraction of sp³-hybridized carbons (Fsp3) is 0.647. The molecular weight excluding hydrogens is 234 g/mol. The summed E-state index contributed by atoms with van der Waals surface area (Å²) >= 11 is 0. The zero-order valence-electron chi connectivity index (χ0n) is 13.1. The molecule has 1 aromatic rings. The van der Waals surface area contributed by atoms with Crippen LogP contribution in [0.4, 0.5) is 0 Å². The highest BCUT2D eigenvalue weighted by atomic mass is 16.5. The first kappa shape index (κ1) is 16.2. The predicted molar refractivity (Wildman–Crippen MR) is 82.3 cm³/mol. The van der Waals surface area contributed by atoms with Gasteiger partial charge in [-0.3, -0.25) is 0 Å². The molecule has 108 valence electrons. The summed E-state index contributed by atoms with van der Waals surface area (Å²) in [5, 5.41) is 3.75. The first-order valence-electron chi connectivity index (χ1n) is 7.26. The Morgan fingerprint density at radius 1 is 1.16 bits per heavy atom. The first-order chi connectivity index (χ1) is 8.96. The Balaban J connectivity index is 2.80. The van der Waals surface area contributed by atoms with Crippen LogP contribution in [0.3, 0.4) is 0 Å². The number of methoxy groups -OCH3 is 1. The van der Waals surface area contributed by atoms with Gasteiger partial charge in [-0.15, -0.1) is 0 Å². The Bertz CT molecular complexity index is 342. The molecule has 2 unspecified atom stereocenters. The zero-order chi connectivity index (χ0) is 14.3. The lowest BCUT2D eigenvalue weighted by Crippen LogP contribution is -2.37. The molecule has 0 amide bonds. The molecule has 19 heavy (non-hydrogen) atoms. The molecule has 0 radical (unpaired) electrons.